The first-order valence-corrected chi connectivity index (χ1v) is 28.3. The maximum atomic E-state index is 12.9. The molecule has 1 heterocycles. The van der Waals surface area contributed by atoms with E-state index in [1.165, 1.54) is 103 Å². The summed E-state index contributed by atoms with van der Waals surface area (Å²) in [5, 5.41) is 40.4. The van der Waals surface area contributed by atoms with Crippen LogP contribution in [-0.2, 0) is 23.7 Å². The first-order valence-electron chi connectivity index (χ1n) is 28.3. The molecule has 402 valence electrons. The molecule has 0 amide bonds. The predicted molar refractivity (Wildman–Crippen MR) is 293 cm³/mol. The Balaban J connectivity index is 2.20. The van der Waals surface area contributed by atoms with E-state index in [-0.39, 0.29) is 19.2 Å². The van der Waals surface area contributed by atoms with Crippen molar-refractivity contribution in [3.8, 4) is 0 Å². The largest absolute Gasteiger partial charge is 0.457 e. The van der Waals surface area contributed by atoms with E-state index in [4.69, 9.17) is 18.9 Å². The molecule has 1 saturated heterocycles. The second-order valence-corrected chi connectivity index (χ2v) is 19.0. The number of unbranched alkanes of at least 4 members (excludes halogenated alkanes) is 21. The van der Waals surface area contributed by atoms with Gasteiger partial charge in [0.15, 0.2) is 6.29 Å². The third kappa shape index (κ3) is 40.7. The first-order chi connectivity index (χ1) is 34.4. The molecule has 0 radical (unpaired) electrons. The number of hydrogen-bond acceptors (Lipinski definition) is 9. The lowest BCUT2D eigenvalue weighted by Crippen LogP contribution is -2.59. The van der Waals surface area contributed by atoms with Gasteiger partial charge >= 0.3 is 5.97 Å². The SMILES string of the molecule is CC/C=C\C/C=C\C/C=C\C/C=C\C/C=C\CCCCCCCCCC(=O)OC(COCCCCCCCCCCC/C=C\C/C=C\C/C=C\CCCCCCC)COC1OC(CO)C(O)C(O)C1O. The molecule has 70 heavy (non-hydrogen) atoms. The third-order valence-corrected chi connectivity index (χ3v) is 12.5. The number of ether oxygens (including phenoxy) is 4. The van der Waals surface area contributed by atoms with E-state index in [2.05, 4.69) is 111 Å². The van der Waals surface area contributed by atoms with Crippen LogP contribution in [0.15, 0.2) is 97.2 Å². The highest BCUT2D eigenvalue weighted by molar-refractivity contribution is 5.69. The van der Waals surface area contributed by atoms with Crippen molar-refractivity contribution in [2.45, 2.75) is 256 Å². The molecule has 1 aliphatic rings. The summed E-state index contributed by atoms with van der Waals surface area (Å²) in [7, 11) is 0. The maximum absolute atomic E-state index is 12.9. The van der Waals surface area contributed by atoms with Crippen LogP contribution >= 0.6 is 0 Å². The van der Waals surface area contributed by atoms with Gasteiger partial charge < -0.3 is 39.4 Å². The van der Waals surface area contributed by atoms with Gasteiger partial charge in [0.05, 0.1) is 19.8 Å². The Morgan fingerprint density at radius 3 is 1.31 bits per heavy atom. The van der Waals surface area contributed by atoms with E-state index in [1.807, 2.05) is 0 Å². The molecule has 6 atom stereocenters. The first kappa shape index (κ1) is 65.1. The van der Waals surface area contributed by atoms with Gasteiger partial charge in [-0.15, -0.1) is 0 Å². The third-order valence-electron chi connectivity index (χ3n) is 12.5. The second kappa shape index (κ2) is 51.0. The van der Waals surface area contributed by atoms with E-state index in [0.29, 0.717) is 13.0 Å². The summed E-state index contributed by atoms with van der Waals surface area (Å²) in [6.45, 7) is 4.41. The molecule has 0 aromatic carbocycles. The molecule has 0 spiro atoms. The van der Waals surface area contributed by atoms with Crippen molar-refractivity contribution in [1.82, 2.24) is 0 Å². The molecule has 0 aliphatic carbocycles. The summed E-state index contributed by atoms with van der Waals surface area (Å²) in [6.07, 6.45) is 64.4. The van der Waals surface area contributed by atoms with Crippen LogP contribution in [0.5, 0.6) is 0 Å². The Morgan fingerprint density at radius 1 is 0.471 bits per heavy atom. The number of esters is 1. The minimum Gasteiger partial charge on any atom is -0.457 e. The summed E-state index contributed by atoms with van der Waals surface area (Å²) in [4.78, 5) is 12.9. The van der Waals surface area contributed by atoms with Crippen LogP contribution in [-0.4, -0.2) is 89.6 Å². The van der Waals surface area contributed by atoms with Crippen LogP contribution in [0.2, 0.25) is 0 Å². The predicted octanol–water partition coefficient (Wildman–Crippen LogP) is 14.7. The maximum Gasteiger partial charge on any atom is 0.306 e. The highest BCUT2D eigenvalue weighted by atomic mass is 16.7. The summed E-state index contributed by atoms with van der Waals surface area (Å²) < 4.78 is 22.9. The van der Waals surface area contributed by atoms with Gasteiger partial charge in [-0.3, -0.25) is 4.79 Å². The van der Waals surface area contributed by atoms with Crippen LogP contribution in [0.1, 0.15) is 219 Å². The molecule has 1 fully saturated rings. The van der Waals surface area contributed by atoms with E-state index >= 15 is 0 Å². The Bertz CT molecular complexity index is 1390. The lowest BCUT2D eigenvalue weighted by molar-refractivity contribution is -0.305. The monoisotopic (exact) mass is 981 g/mol. The van der Waals surface area contributed by atoms with E-state index in [9.17, 15) is 25.2 Å². The van der Waals surface area contributed by atoms with Gasteiger partial charge in [0.25, 0.3) is 0 Å². The highest BCUT2D eigenvalue weighted by Gasteiger charge is 2.44. The summed E-state index contributed by atoms with van der Waals surface area (Å²) in [5.41, 5.74) is 0. The van der Waals surface area contributed by atoms with Gasteiger partial charge in [0.1, 0.15) is 30.5 Å². The smallest absolute Gasteiger partial charge is 0.306 e. The van der Waals surface area contributed by atoms with Crippen molar-refractivity contribution in [3.63, 3.8) is 0 Å². The quantitative estimate of drug-likeness (QED) is 0.0267. The van der Waals surface area contributed by atoms with Gasteiger partial charge in [-0.2, -0.15) is 0 Å². The Hall–Kier alpha value is -2.89. The summed E-state index contributed by atoms with van der Waals surface area (Å²) in [5.74, 6) is -0.329. The number of carbonyl (C=O) groups is 1. The highest BCUT2D eigenvalue weighted by Crippen LogP contribution is 2.23. The molecule has 9 heteroatoms. The number of rotatable bonds is 48. The Labute approximate surface area is 428 Å². The number of allylic oxidation sites excluding steroid dienone is 16. The second-order valence-electron chi connectivity index (χ2n) is 19.0. The van der Waals surface area contributed by atoms with Crippen molar-refractivity contribution < 1.29 is 44.2 Å². The van der Waals surface area contributed by atoms with E-state index in [1.54, 1.807) is 0 Å². The Morgan fingerprint density at radius 2 is 0.871 bits per heavy atom. The molecular weight excluding hydrogens is 877 g/mol. The molecule has 1 rings (SSSR count). The fourth-order valence-corrected chi connectivity index (χ4v) is 8.11. The summed E-state index contributed by atoms with van der Waals surface area (Å²) >= 11 is 0. The van der Waals surface area contributed by atoms with Crippen LogP contribution in [0.4, 0.5) is 0 Å². The van der Waals surface area contributed by atoms with Crippen molar-refractivity contribution in [1.29, 1.82) is 0 Å². The van der Waals surface area contributed by atoms with E-state index < -0.39 is 43.4 Å². The normalized spacial score (nSPS) is 19.7. The lowest BCUT2D eigenvalue weighted by Gasteiger charge is -2.39. The van der Waals surface area contributed by atoms with Gasteiger partial charge in [-0.1, -0.05) is 214 Å². The van der Waals surface area contributed by atoms with Gasteiger partial charge in [-0.05, 0) is 96.3 Å². The molecule has 1 aliphatic heterocycles. The van der Waals surface area contributed by atoms with Gasteiger partial charge in [0, 0.05) is 13.0 Å². The van der Waals surface area contributed by atoms with Crippen molar-refractivity contribution in [2.24, 2.45) is 0 Å². The zero-order valence-corrected chi connectivity index (χ0v) is 44.5. The number of aliphatic hydroxyl groups is 4. The fraction of sp³-hybridized carbons (Fsp3) is 0.721. The zero-order valence-electron chi connectivity index (χ0n) is 44.5. The molecule has 9 nitrogen and oxygen atoms in total. The number of hydrogen-bond donors (Lipinski definition) is 4. The topological polar surface area (TPSA) is 135 Å². The molecule has 0 aromatic rings. The molecule has 0 saturated carbocycles. The lowest BCUT2D eigenvalue weighted by atomic mass is 9.99. The minimum absolute atomic E-state index is 0.126. The average Bonchev–Trinajstić information content (AvgIpc) is 3.36. The average molecular weight is 981 g/mol. The van der Waals surface area contributed by atoms with E-state index in [0.717, 1.165) is 96.3 Å². The molecule has 0 aromatic heterocycles. The van der Waals surface area contributed by atoms with Crippen molar-refractivity contribution in [2.75, 3.05) is 26.4 Å². The van der Waals surface area contributed by atoms with Crippen molar-refractivity contribution in [3.05, 3.63) is 97.2 Å². The molecular formula is C61H104O9. The number of aliphatic hydroxyl groups excluding tert-OH is 4. The van der Waals surface area contributed by atoms with Crippen LogP contribution in [0.3, 0.4) is 0 Å². The standard InChI is InChI=1S/C61H104O9/c1-3-5-7-9-11-13-15-17-19-21-23-25-27-29-31-33-35-37-39-41-43-45-47-49-51-67-53-55(54-68-61-60(66)59(65)58(64)56(52-62)70-61)69-57(63)50-48-46-44-42-40-38-36-34-32-30-28-26-24-22-20-18-16-14-12-10-8-6-4-2/h6,8,12,14-15,17-18,20-21,23-24,26-27,29-30,32,55-56,58-62,64-66H,3-5,7,9-11,13,16,19,22,25,28,31,33-54H2,1-2H3/b8-6-,14-12-,17-15-,20-18-,23-21-,26-24-,29-27-,32-30-. The fourth-order valence-electron chi connectivity index (χ4n) is 8.11. The van der Waals surface area contributed by atoms with Crippen LogP contribution in [0, 0.1) is 0 Å². The van der Waals surface area contributed by atoms with Crippen LogP contribution < -0.4 is 0 Å². The molecule has 0 bridgehead atoms. The zero-order chi connectivity index (χ0) is 50.6. The van der Waals surface area contributed by atoms with Crippen LogP contribution in [0.25, 0.3) is 0 Å². The van der Waals surface area contributed by atoms with Gasteiger partial charge in [0.2, 0.25) is 0 Å². The van der Waals surface area contributed by atoms with Gasteiger partial charge in [-0.25, -0.2) is 0 Å². The molecule has 6 unspecified atom stereocenters. The minimum atomic E-state index is -1.55. The van der Waals surface area contributed by atoms with Crippen molar-refractivity contribution >= 4 is 5.97 Å². The summed E-state index contributed by atoms with van der Waals surface area (Å²) in [6, 6.07) is 0. The Kier molecular flexibility index (Phi) is 47.5. The number of carbonyl (C=O) groups excluding carboxylic acids is 1. The molecule has 4 N–H and O–H groups in total.